The molecule has 0 bridgehead atoms. The van der Waals surface area contributed by atoms with Crippen LogP contribution in [0.1, 0.15) is 28.7 Å². The summed E-state index contributed by atoms with van der Waals surface area (Å²) in [6.45, 7) is 8.43. The number of aromatic nitrogens is 2. The summed E-state index contributed by atoms with van der Waals surface area (Å²) >= 11 is 6.26. The summed E-state index contributed by atoms with van der Waals surface area (Å²) in [5.74, 6) is 1.94. The second-order valence-corrected chi connectivity index (χ2v) is 10.3. The van der Waals surface area contributed by atoms with Crippen LogP contribution >= 0.6 is 11.6 Å². The van der Waals surface area contributed by atoms with Crippen LogP contribution in [-0.4, -0.2) is 70.0 Å². The second-order valence-electron chi connectivity index (χ2n) is 9.89. The van der Waals surface area contributed by atoms with E-state index in [-0.39, 0.29) is 13.2 Å². The van der Waals surface area contributed by atoms with Crippen molar-refractivity contribution in [3.05, 3.63) is 70.0 Å². The van der Waals surface area contributed by atoms with E-state index in [0.717, 1.165) is 22.3 Å². The maximum absolute atomic E-state index is 11.3. The fraction of sp³-hybridized carbons (Fsp3) is 0.464. The Morgan fingerprint density at radius 1 is 1.11 bits per heavy atom. The van der Waals surface area contributed by atoms with Crippen LogP contribution in [0.5, 0.6) is 17.2 Å². The molecule has 1 fully saturated rings. The average Bonchev–Trinajstić information content (AvgIpc) is 3.28. The van der Waals surface area contributed by atoms with Gasteiger partial charge < -0.3 is 24.4 Å². The van der Waals surface area contributed by atoms with Gasteiger partial charge in [-0.2, -0.15) is 5.10 Å². The van der Waals surface area contributed by atoms with Crippen LogP contribution in [0.3, 0.4) is 0 Å². The summed E-state index contributed by atoms with van der Waals surface area (Å²) < 4.78 is 19.3. The molecule has 2 aromatic carbocycles. The number of ether oxygens (including phenoxy) is 3. The van der Waals surface area contributed by atoms with Gasteiger partial charge in [-0.15, -0.1) is 0 Å². The first kappa shape index (κ1) is 27.3. The third-order valence-corrected chi connectivity index (χ3v) is 7.31. The Morgan fingerprint density at radius 3 is 2.54 bits per heavy atom. The van der Waals surface area contributed by atoms with E-state index in [0.29, 0.717) is 54.9 Å². The Balaban J connectivity index is 1.38. The molecule has 200 valence electrons. The lowest BCUT2D eigenvalue weighted by molar-refractivity contribution is -0.140. The number of benzene rings is 2. The fourth-order valence-corrected chi connectivity index (χ4v) is 4.76. The summed E-state index contributed by atoms with van der Waals surface area (Å²) in [6.07, 6.45) is 3.36. The molecule has 2 N–H and O–H groups in total. The molecule has 1 saturated heterocycles. The van der Waals surface area contributed by atoms with E-state index in [4.69, 9.17) is 25.8 Å². The van der Waals surface area contributed by atoms with E-state index >= 15 is 0 Å². The van der Waals surface area contributed by atoms with Crippen LogP contribution in [0, 0.1) is 20.8 Å². The maximum Gasteiger partial charge on any atom is 0.161 e. The summed E-state index contributed by atoms with van der Waals surface area (Å²) in [5.41, 5.74) is 2.55. The number of β-amino-alcohol motifs (C(OH)–C–C–N with tert-alkyl or cyclic N) is 1. The summed E-state index contributed by atoms with van der Waals surface area (Å²) in [4.78, 5) is 2.12. The van der Waals surface area contributed by atoms with Crippen molar-refractivity contribution in [2.24, 2.45) is 0 Å². The van der Waals surface area contributed by atoms with Crippen molar-refractivity contribution in [1.82, 2.24) is 14.7 Å². The lowest BCUT2D eigenvalue weighted by atomic mass is 9.90. The van der Waals surface area contributed by atoms with Gasteiger partial charge in [0.2, 0.25) is 0 Å². The average molecular weight is 530 g/mol. The molecule has 3 aromatic rings. The highest BCUT2D eigenvalue weighted by Gasteiger charge is 2.42. The largest absolute Gasteiger partial charge is 0.493 e. The molecule has 0 radical (unpaired) electrons. The molecule has 2 atom stereocenters. The van der Waals surface area contributed by atoms with Crippen molar-refractivity contribution in [3.63, 3.8) is 0 Å². The van der Waals surface area contributed by atoms with Crippen molar-refractivity contribution >= 4 is 11.6 Å². The molecule has 0 amide bonds. The Labute approximate surface area is 223 Å². The number of likely N-dealkylation sites (tertiary alicyclic amines) is 1. The van der Waals surface area contributed by atoms with Gasteiger partial charge in [-0.25, -0.2) is 0 Å². The van der Waals surface area contributed by atoms with Gasteiger partial charge in [0.15, 0.2) is 11.5 Å². The number of aryl methyl sites for hydroxylation is 3. The van der Waals surface area contributed by atoms with E-state index < -0.39 is 11.7 Å². The van der Waals surface area contributed by atoms with Gasteiger partial charge in [0.1, 0.15) is 24.6 Å². The molecule has 0 spiro atoms. The van der Waals surface area contributed by atoms with E-state index in [1.165, 1.54) is 0 Å². The molecule has 0 aliphatic carbocycles. The molecule has 1 aliphatic heterocycles. The Kier molecular flexibility index (Phi) is 8.64. The van der Waals surface area contributed by atoms with Crippen LogP contribution in [-0.2, 0) is 13.1 Å². The third-order valence-electron chi connectivity index (χ3n) is 6.71. The Bertz CT molecular complexity index is 1190. The predicted molar refractivity (Wildman–Crippen MR) is 143 cm³/mol. The van der Waals surface area contributed by atoms with Gasteiger partial charge in [-0.05, 0) is 73.7 Å². The van der Waals surface area contributed by atoms with E-state index in [2.05, 4.69) is 10.00 Å². The number of hydrogen-bond acceptors (Lipinski definition) is 7. The van der Waals surface area contributed by atoms with Gasteiger partial charge in [-0.3, -0.25) is 9.58 Å². The Hall–Kier alpha value is -2.78. The minimum atomic E-state index is -1.40. The number of piperidine rings is 1. The first-order chi connectivity index (χ1) is 17.7. The van der Waals surface area contributed by atoms with Crippen LogP contribution < -0.4 is 14.2 Å². The van der Waals surface area contributed by atoms with Crippen molar-refractivity contribution in [1.29, 1.82) is 0 Å². The molecular formula is C28H36ClN3O5. The van der Waals surface area contributed by atoms with E-state index in [9.17, 15) is 10.2 Å². The van der Waals surface area contributed by atoms with E-state index in [1.54, 1.807) is 7.11 Å². The number of aliphatic hydroxyl groups excluding tert-OH is 1. The molecule has 37 heavy (non-hydrogen) atoms. The number of aliphatic hydroxyl groups is 2. The first-order valence-electron chi connectivity index (χ1n) is 12.5. The molecule has 4 rings (SSSR count). The highest BCUT2D eigenvalue weighted by Crippen LogP contribution is 2.31. The van der Waals surface area contributed by atoms with Gasteiger partial charge in [0.25, 0.3) is 0 Å². The number of hydrogen-bond donors (Lipinski definition) is 2. The molecule has 2 heterocycles. The van der Waals surface area contributed by atoms with Crippen molar-refractivity contribution in [2.75, 3.05) is 33.4 Å². The number of nitrogens with zero attached hydrogens (tertiary/aromatic N) is 3. The van der Waals surface area contributed by atoms with Crippen LogP contribution in [0.25, 0.3) is 0 Å². The third kappa shape index (κ3) is 6.76. The lowest BCUT2D eigenvalue weighted by Crippen LogP contribution is -2.59. The van der Waals surface area contributed by atoms with Gasteiger partial charge in [-0.1, -0.05) is 17.7 Å². The topological polar surface area (TPSA) is 89.2 Å². The molecule has 8 nitrogen and oxygen atoms in total. The predicted octanol–water partition coefficient (Wildman–Crippen LogP) is 3.93. The van der Waals surface area contributed by atoms with Crippen molar-refractivity contribution in [2.45, 2.75) is 52.0 Å². The number of halogens is 1. The van der Waals surface area contributed by atoms with Crippen LogP contribution in [0.15, 0.2) is 42.7 Å². The Morgan fingerprint density at radius 2 is 1.86 bits per heavy atom. The second kappa shape index (κ2) is 11.7. The smallest absolute Gasteiger partial charge is 0.161 e. The molecular weight excluding hydrogens is 494 g/mol. The highest BCUT2D eigenvalue weighted by molar-refractivity contribution is 6.32. The normalized spacial score (nSPS) is 20.1. The fourth-order valence-electron chi connectivity index (χ4n) is 4.65. The molecule has 9 heteroatoms. The number of methoxy groups -OCH3 is 1. The summed E-state index contributed by atoms with van der Waals surface area (Å²) in [5, 5.41) is 26.9. The van der Waals surface area contributed by atoms with Crippen molar-refractivity contribution < 1.29 is 24.4 Å². The molecule has 0 unspecified atom stereocenters. The number of rotatable bonds is 10. The van der Waals surface area contributed by atoms with Crippen LogP contribution in [0.4, 0.5) is 0 Å². The monoisotopic (exact) mass is 529 g/mol. The maximum atomic E-state index is 11.3. The SMILES string of the molecule is COc1ccc(CN2CC[C@H](O)[C@@](O)(COc3cc(C)c(Cl)c(C)c3)C2)cc1OCCn1cc(C)cn1. The molecule has 1 aromatic heterocycles. The van der Waals surface area contributed by atoms with Gasteiger partial charge in [0.05, 0.1) is 26.0 Å². The zero-order chi connectivity index (χ0) is 26.6. The highest BCUT2D eigenvalue weighted by atomic mass is 35.5. The molecule has 0 saturated carbocycles. The minimum Gasteiger partial charge on any atom is -0.493 e. The quantitative estimate of drug-likeness (QED) is 0.411. The van der Waals surface area contributed by atoms with Gasteiger partial charge >= 0.3 is 0 Å². The van der Waals surface area contributed by atoms with Gasteiger partial charge in [0, 0.05) is 30.9 Å². The zero-order valence-corrected chi connectivity index (χ0v) is 22.7. The first-order valence-corrected chi connectivity index (χ1v) is 12.9. The zero-order valence-electron chi connectivity index (χ0n) is 21.9. The molecule has 1 aliphatic rings. The summed E-state index contributed by atoms with van der Waals surface area (Å²) in [7, 11) is 1.62. The lowest BCUT2D eigenvalue weighted by Gasteiger charge is -2.42. The van der Waals surface area contributed by atoms with Crippen LogP contribution in [0.2, 0.25) is 5.02 Å². The summed E-state index contributed by atoms with van der Waals surface area (Å²) in [6, 6.07) is 9.54. The van der Waals surface area contributed by atoms with Crippen molar-refractivity contribution in [3.8, 4) is 17.2 Å². The van der Waals surface area contributed by atoms with E-state index in [1.807, 2.05) is 68.2 Å². The minimum absolute atomic E-state index is 0.0188. The standard InChI is InChI=1S/C28H36ClN3O5/c1-19-14-30-32(15-19)9-10-36-25-13-22(5-6-24(25)35-4)16-31-8-7-26(33)28(34,17-31)18-37-23-11-20(2)27(29)21(3)12-23/h5-6,11-15,26,33-34H,7-10,16-18H2,1-4H3/t26-,28-/m0/s1.